The van der Waals surface area contributed by atoms with Crippen molar-refractivity contribution < 1.29 is 5.11 Å². The quantitative estimate of drug-likeness (QED) is 0.410. The lowest BCUT2D eigenvalue weighted by Gasteiger charge is -2.25. The molecule has 19 heavy (non-hydrogen) atoms. The van der Waals surface area contributed by atoms with E-state index in [0.29, 0.717) is 12.0 Å². The molecule has 0 bridgehead atoms. The smallest absolute Gasteiger partial charge is 0.0431 e. The molecule has 1 N–H and O–H groups in total. The molecule has 0 spiro atoms. The van der Waals surface area contributed by atoms with E-state index in [4.69, 9.17) is 5.11 Å². The number of rotatable bonds is 13. The highest BCUT2D eigenvalue weighted by molar-refractivity contribution is 4.69. The summed E-state index contributed by atoms with van der Waals surface area (Å²) in [7, 11) is 0. The maximum Gasteiger partial charge on any atom is 0.0431 e. The van der Waals surface area contributed by atoms with E-state index in [0.717, 1.165) is 12.3 Å². The molecule has 0 radical (unpaired) electrons. The summed E-state index contributed by atoms with van der Waals surface area (Å²) < 4.78 is 0. The zero-order chi connectivity index (χ0) is 14.6. The number of hydrogen-bond acceptors (Lipinski definition) is 1. The Morgan fingerprint density at radius 3 is 2.00 bits per heavy atom. The second-order valence-electron chi connectivity index (χ2n) is 7.03. The topological polar surface area (TPSA) is 20.2 Å². The van der Waals surface area contributed by atoms with Gasteiger partial charge in [-0.2, -0.15) is 0 Å². The van der Waals surface area contributed by atoms with Crippen LogP contribution in [0.15, 0.2) is 0 Å². The maximum atomic E-state index is 8.94. The maximum absolute atomic E-state index is 8.94. The third-order valence-corrected chi connectivity index (χ3v) is 4.39. The largest absolute Gasteiger partial charge is 0.396 e. The second kappa shape index (κ2) is 11.8. The molecule has 1 nitrogen and oxygen atoms in total. The summed E-state index contributed by atoms with van der Waals surface area (Å²) >= 11 is 0. The van der Waals surface area contributed by atoms with E-state index in [1.807, 2.05) is 0 Å². The Morgan fingerprint density at radius 2 is 1.42 bits per heavy atom. The van der Waals surface area contributed by atoms with Crippen LogP contribution >= 0.6 is 0 Å². The van der Waals surface area contributed by atoms with Gasteiger partial charge in [0.1, 0.15) is 0 Å². The second-order valence-corrected chi connectivity index (χ2v) is 7.03. The van der Waals surface area contributed by atoms with Crippen LogP contribution in [-0.2, 0) is 0 Å². The van der Waals surface area contributed by atoms with Crippen molar-refractivity contribution in [3.63, 3.8) is 0 Å². The number of aliphatic hydroxyl groups is 1. The molecule has 0 saturated heterocycles. The van der Waals surface area contributed by atoms with Crippen LogP contribution in [0.4, 0.5) is 0 Å². The molecule has 0 aliphatic rings. The fraction of sp³-hybridized carbons (Fsp3) is 1.00. The Balaban J connectivity index is 3.73. The average molecular weight is 271 g/mol. The monoisotopic (exact) mass is 270 g/mol. The summed E-state index contributed by atoms with van der Waals surface area (Å²) in [5, 5.41) is 8.94. The van der Waals surface area contributed by atoms with Gasteiger partial charge in [0.15, 0.2) is 0 Å². The Bertz CT molecular complexity index is 186. The van der Waals surface area contributed by atoms with Gasteiger partial charge < -0.3 is 5.11 Å². The van der Waals surface area contributed by atoms with E-state index in [2.05, 4.69) is 27.7 Å². The molecule has 0 fully saturated rings. The van der Waals surface area contributed by atoms with Crippen molar-refractivity contribution in [2.45, 2.75) is 98.3 Å². The third-order valence-electron chi connectivity index (χ3n) is 4.39. The van der Waals surface area contributed by atoms with Crippen molar-refractivity contribution in [3.8, 4) is 0 Å². The molecule has 0 heterocycles. The summed E-state index contributed by atoms with van der Waals surface area (Å²) in [5.74, 6) is 0.857. The van der Waals surface area contributed by atoms with Crippen LogP contribution in [0.3, 0.4) is 0 Å². The summed E-state index contributed by atoms with van der Waals surface area (Å²) in [6.07, 6.45) is 14.5. The van der Waals surface area contributed by atoms with Crippen LogP contribution in [0.2, 0.25) is 0 Å². The van der Waals surface area contributed by atoms with Gasteiger partial charge in [-0.05, 0) is 37.0 Å². The summed E-state index contributed by atoms with van der Waals surface area (Å²) in [4.78, 5) is 0. The Morgan fingerprint density at radius 1 is 0.789 bits per heavy atom. The summed E-state index contributed by atoms with van der Waals surface area (Å²) in [6.45, 7) is 9.78. The number of aliphatic hydroxyl groups excluding tert-OH is 1. The molecule has 0 aromatic heterocycles. The molecule has 1 atom stereocenters. The van der Waals surface area contributed by atoms with E-state index in [1.165, 1.54) is 64.2 Å². The van der Waals surface area contributed by atoms with Crippen molar-refractivity contribution in [2.24, 2.45) is 11.3 Å². The van der Waals surface area contributed by atoms with Gasteiger partial charge in [0.25, 0.3) is 0 Å². The lowest BCUT2D eigenvalue weighted by atomic mass is 9.81. The van der Waals surface area contributed by atoms with Gasteiger partial charge in [-0.1, -0.05) is 72.6 Å². The Hall–Kier alpha value is -0.0400. The SMILES string of the molecule is CCCCC(C)(C)CCCCC(CCC)CCCO. The van der Waals surface area contributed by atoms with Gasteiger partial charge in [0.05, 0.1) is 0 Å². The molecule has 0 aromatic carbocycles. The van der Waals surface area contributed by atoms with Crippen LogP contribution in [0.1, 0.15) is 98.3 Å². The molecular weight excluding hydrogens is 232 g/mol. The highest BCUT2D eigenvalue weighted by atomic mass is 16.2. The minimum atomic E-state index is 0.365. The van der Waals surface area contributed by atoms with E-state index in [9.17, 15) is 0 Å². The summed E-state index contributed by atoms with van der Waals surface area (Å²) in [6, 6.07) is 0. The number of unbranched alkanes of at least 4 members (excludes halogenated alkanes) is 2. The Kier molecular flexibility index (Phi) is 11.7. The molecule has 116 valence electrons. The molecule has 0 aliphatic carbocycles. The fourth-order valence-electron chi connectivity index (χ4n) is 3.04. The van der Waals surface area contributed by atoms with Crippen LogP contribution in [0.25, 0.3) is 0 Å². The molecule has 0 amide bonds. The van der Waals surface area contributed by atoms with E-state index < -0.39 is 0 Å². The lowest BCUT2D eigenvalue weighted by molar-refractivity contribution is 0.256. The highest BCUT2D eigenvalue weighted by Gasteiger charge is 2.16. The van der Waals surface area contributed by atoms with E-state index >= 15 is 0 Å². The standard InChI is InChI=1S/C18H38O/c1-5-7-14-18(3,4)15-9-8-12-17(11-6-2)13-10-16-19/h17,19H,5-16H2,1-4H3. The highest BCUT2D eigenvalue weighted by Crippen LogP contribution is 2.30. The zero-order valence-electron chi connectivity index (χ0n) is 14.0. The first kappa shape index (κ1) is 19.0. The van der Waals surface area contributed by atoms with E-state index in [-0.39, 0.29) is 0 Å². The van der Waals surface area contributed by atoms with Crippen molar-refractivity contribution in [1.82, 2.24) is 0 Å². The van der Waals surface area contributed by atoms with Crippen LogP contribution < -0.4 is 0 Å². The average Bonchev–Trinajstić information content (AvgIpc) is 2.38. The van der Waals surface area contributed by atoms with Crippen LogP contribution in [0, 0.1) is 11.3 Å². The van der Waals surface area contributed by atoms with Gasteiger partial charge in [-0.15, -0.1) is 0 Å². The zero-order valence-corrected chi connectivity index (χ0v) is 14.0. The van der Waals surface area contributed by atoms with E-state index in [1.54, 1.807) is 0 Å². The summed E-state index contributed by atoms with van der Waals surface area (Å²) in [5.41, 5.74) is 0.543. The van der Waals surface area contributed by atoms with Gasteiger partial charge in [0, 0.05) is 6.61 Å². The predicted octanol–water partition coefficient (Wildman–Crippen LogP) is 5.95. The molecule has 1 unspecified atom stereocenters. The van der Waals surface area contributed by atoms with Crippen LogP contribution in [-0.4, -0.2) is 11.7 Å². The molecular formula is C18H38O. The first-order chi connectivity index (χ1) is 9.05. The first-order valence-electron chi connectivity index (χ1n) is 8.66. The first-order valence-corrected chi connectivity index (χ1v) is 8.66. The molecule has 0 saturated carbocycles. The van der Waals surface area contributed by atoms with Gasteiger partial charge in [-0.25, -0.2) is 0 Å². The van der Waals surface area contributed by atoms with Gasteiger partial charge in [-0.3, -0.25) is 0 Å². The van der Waals surface area contributed by atoms with Crippen molar-refractivity contribution in [3.05, 3.63) is 0 Å². The van der Waals surface area contributed by atoms with Gasteiger partial charge >= 0.3 is 0 Å². The predicted molar refractivity (Wildman–Crippen MR) is 86.5 cm³/mol. The number of hydrogen-bond donors (Lipinski definition) is 1. The molecule has 0 aliphatic heterocycles. The molecule has 0 aromatic rings. The van der Waals surface area contributed by atoms with Crippen LogP contribution in [0.5, 0.6) is 0 Å². The molecule has 0 rings (SSSR count). The minimum absolute atomic E-state index is 0.365. The normalized spacial score (nSPS) is 13.7. The minimum Gasteiger partial charge on any atom is -0.396 e. The Labute approximate surface area is 122 Å². The van der Waals surface area contributed by atoms with Crippen molar-refractivity contribution >= 4 is 0 Å². The van der Waals surface area contributed by atoms with Gasteiger partial charge in [0.2, 0.25) is 0 Å². The third kappa shape index (κ3) is 11.5. The lowest BCUT2D eigenvalue weighted by Crippen LogP contribution is -2.11. The fourth-order valence-corrected chi connectivity index (χ4v) is 3.04. The van der Waals surface area contributed by atoms with Crippen molar-refractivity contribution in [1.29, 1.82) is 0 Å². The molecule has 1 heteroatoms. The van der Waals surface area contributed by atoms with Crippen molar-refractivity contribution in [2.75, 3.05) is 6.61 Å².